The molecule has 4 N–H and O–H groups in total. The summed E-state index contributed by atoms with van der Waals surface area (Å²) in [6.45, 7) is 17.8. The van der Waals surface area contributed by atoms with Gasteiger partial charge in [-0.2, -0.15) is 4.98 Å². The second-order valence-electron chi connectivity index (χ2n) is 16.9. The molecule has 3 aliphatic rings. The minimum atomic E-state index is -3.41. The highest BCUT2D eigenvalue weighted by atomic mass is 32.2. The second kappa shape index (κ2) is 24.5. The molecule has 17 heteroatoms. The zero-order valence-corrected chi connectivity index (χ0v) is 40.1. The Morgan fingerprint density at radius 3 is 2.27 bits per heavy atom. The van der Waals surface area contributed by atoms with Gasteiger partial charge in [0.15, 0.2) is 5.60 Å². The van der Waals surface area contributed by atoms with E-state index in [1.165, 1.54) is 7.05 Å². The number of primary amides is 1. The van der Waals surface area contributed by atoms with Crippen molar-refractivity contribution in [3.63, 3.8) is 0 Å². The molecule has 1 saturated heterocycles. The van der Waals surface area contributed by atoms with Crippen molar-refractivity contribution < 1.29 is 54.9 Å². The Kier molecular flexibility index (Phi) is 21.2. The van der Waals surface area contributed by atoms with E-state index in [0.29, 0.717) is 69.9 Å². The van der Waals surface area contributed by atoms with Crippen molar-refractivity contribution in [1.82, 2.24) is 19.9 Å². The van der Waals surface area contributed by atoms with Crippen LogP contribution in [-0.4, -0.2) is 90.7 Å². The van der Waals surface area contributed by atoms with Gasteiger partial charge in [-0.1, -0.05) is 71.9 Å². The number of sulfonamides is 1. The van der Waals surface area contributed by atoms with Gasteiger partial charge in [0.2, 0.25) is 39.5 Å². The Hall–Kier alpha value is -4.54. The molecular weight excluding hydrogens is 837 g/mol. The normalized spacial score (nSPS) is 18.7. The van der Waals surface area contributed by atoms with Gasteiger partial charge in [0.1, 0.15) is 12.1 Å². The fourth-order valence-corrected chi connectivity index (χ4v) is 8.91. The van der Waals surface area contributed by atoms with E-state index in [2.05, 4.69) is 51.8 Å². The maximum absolute atomic E-state index is 13.2. The van der Waals surface area contributed by atoms with Crippen LogP contribution in [0.15, 0.2) is 36.4 Å². The molecule has 0 bridgehead atoms. The number of halogens is 2. The molecule has 0 unspecified atom stereocenters. The predicted octanol–water partition coefficient (Wildman–Crippen LogP) is 9.13. The first kappa shape index (κ1) is 54.6. The molecule has 2 aromatic rings. The van der Waals surface area contributed by atoms with Crippen LogP contribution in [-0.2, 0) is 35.6 Å². The molecule has 2 aliphatic heterocycles. The van der Waals surface area contributed by atoms with Crippen LogP contribution in [0.5, 0.6) is 11.8 Å². The minimum Gasteiger partial charge on any atom is -0.477 e. The highest BCUT2D eigenvalue weighted by molar-refractivity contribution is 7.91. The maximum atomic E-state index is 13.2. The Morgan fingerprint density at radius 1 is 1.10 bits per heavy atom. The van der Waals surface area contributed by atoms with Crippen molar-refractivity contribution in [1.29, 1.82) is 0 Å². The molecule has 3 heterocycles. The van der Waals surface area contributed by atoms with Gasteiger partial charge in [-0.15, -0.1) is 0 Å². The van der Waals surface area contributed by atoms with E-state index in [0.717, 1.165) is 62.3 Å². The average Bonchev–Trinajstić information content (AvgIpc) is 3.94. The lowest BCUT2D eigenvalue weighted by atomic mass is 9.91. The van der Waals surface area contributed by atoms with Crippen LogP contribution in [0.2, 0.25) is 0 Å². The fraction of sp³-hybridized carbons (Fsp3) is 0.674. The number of fused-ring (bicyclic) bond motifs is 3. The van der Waals surface area contributed by atoms with E-state index in [9.17, 15) is 36.4 Å². The number of aromatic nitrogens is 1. The number of aryl methyl sites for hydroxylation is 1. The number of likely N-dealkylation sites (tertiary alicyclic amines) is 1. The van der Waals surface area contributed by atoms with E-state index in [1.54, 1.807) is 11.8 Å². The summed E-state index contributed by atoms with van der Waals surface area (Å²) in [5.74, 6) is -2.13. The van der Waals surface area contributed by atoms with Crippen molar-refractivity contribution in [3.8, 4) is 11.8 Å². The molecule has 63 heavy (non-hydrogen) atoms. The van der Waals surface area contributed by atoms with E-state index >= 15 is 0 Å². The van der Waals surface area contributed by atoms with Gasteiger partial charge < -0.3 is 30.2 Å². The molecule has 4 atom stereocenters. The van der Waals surface area contributed by atoms with Crippen LogP contribution in [0.1, 0.15) is 143 Å². The number of hydrogen-bond acceptors (Lipinski definition) is 10. The van der Waals surface area contributed by atoms with E-state index in [-0.39, 0.29) is 28.6 Å². The molecular formula is C46H79F2N5O9S. The fourth-order valence-electron chi connectivity index (χ4n) is 7.23. The van der Waals surface area contributed by atoms with Crippen LogP contribution in [0.25, 0.3) is 10.8 Å². The van der Waals surface area contributed by atoms with Gasteiger partial charge >= 0.3 is 6.09 Å². The molecule has 0 spiro atoms. The van der Waals surface area contributed by atoms with Gasteiger partial charge in [0.05, 0.1) is 17.9 Å². The van der Waals surface area contributed by atoms with Gasteiger partial charge in [-0.25, -0.2) is 22.0 Å². The first-order chi connectivity index (χ1) is 29.5. The molecule has 2 fully saturated rings. The number of pyridine rings is 1. The van der Waals surface area contributed by atoms with Crippen LogP contribution < -0.4 is 25.2 Å². The summed E-state index contributed by atoms with van der Waals surface area (Å²) >= 11 is 0. The number of ether oxygens (including phenoxy) is 3. The third-order valence-corrected chi connectivity index (χ3v) is 13.9. The number of carbonyl (C=O) groups is 4. The van der Waals surface area contributed by atoms with E-state index < -0.39 is 50.2 Å². The molecule has 1 aliphatic carbocycles. The Bertz CT molecular complexity index is 1990. The zero-order valence-electron chi connectivity index (χ0n) is 39.3. The van der Waals surface area contributed by atoms with Crippen LogP contribution >= 0.6 is 0 Å². The highest BCUT2D eigenvalue weighted by Crippen LogP contribution is 2.45. The smallest absolute Gasteiger partial charge is 0.407 e. The number of nitrogens with zero attached hydrogens (tertiary/aromatic N) is 2. The summed E-state index contributed by atoms with van der Waals surface area (Å²) in [6.07, 6.45) is 11.0. The monoisotopic (exact) mass is 916 g/mol. The van der Waals surface area contributed by atoms with E-state index in [4.69, 9.17) is 15.2 Å². The standard InChI is InChI=1S/C29H39N3O4.C8H15NO3S.C7H13F2NO2.C2H6.3H2/c1-4-5-6-10-19(2)15-20(3)16-26(33)32-18-21(17-25(32)27(30)34)36-29-24-12-8-7-11-22(24)23-13-9-14-35-28(23)31-29;1-3-7(10)9-13(11,12)8(4-2)5-6-8;1-6(2,7(3,8)9)12-5(11)10-4;1-2;;;/h4-5,7-8,11-12,19-21,25H,6,9-10,13-18H2,1-3H3,(H2,30,34);3-6H2,1-2H3,(H,9,10);1-4H3,(H,10,11);1-2H3;3*1H/b5-4-;;;;;;/t19-,20-,21-,25+;;;;;;/m1....../s1. The average molecular weight is 916 g/mol. The number of allylic oxidation sites excluding steroid dienone is 2. The number of alkyl halides is 2. The predicted molar refractivity (Wildman–Crippen MR) is 248 cm³/mol. The summed E-state index contributed by atoms with van der Waals surface area (Å²) in [7, 11) is -2.10. The molecule has 1 saturated carbocycles. The topological polar surface area (TPSA) is 196 Å². The number of carbonyl (C=O) groups excluding carboxylic acids is 4. The van der Waals surface area contributed by atoms with Crippen molar-refractivity contribution in [2.45, 2.75) is 168 Å². The molecule has 0 radical (unpaired) electrons. The van der Waals surface area contributed by atoms with Crippen molar-refractivity contribution in [3.05, 3.63) is 42.0 Å². The van der Waals surface area contributed by atoms with E-state index in [1.807, 2.05) is 45.9 Å². The number of amides is 4. The first-order valence-electron chi connectivity index (χ1n) is 22.3. The number of rotatable bonds is 16. The number of nitrogens with two attached hydrogens (primary N) is 1. The molecule has 1 aromatic heterocycles. The number of benzene rings is 1. The summed E-state index contributed by atoms with van der Waals surface area (Å²) < 4.78 is 66.6. The Morgan fingerprint density at radius 2 is 1.73 bits per heavy atom. The molecule has 1 aromatic carbocycles. The lowest BCUT2D eigenvalue weighted by molar-refractivity contribution is -0.149. The number of nitrogens with one attached hydrogen (secondary N) is 2. The summed E-state index contributed by atoms with van der Waals surface area (Å²) in [5.41, 5.74) is 5.04. The lowest BCUT2D eigenvalue weighted by Crippen LogP contribution is -2.46. The molecule has 14 nitrogen and oxygen atoms in total. The third kappa shape index (κ3) is 15.6. The summed E-state index contributed by atoms with van der Waals surface area (Å²) in [6, 6.07) is 7.36. The quantitative estimate of drug-likeness (QED) is 0.137. The van der Waals surface area contributed by atoms with Crippen LogP contribution in [0.4, 0.5) is 13.6 Å². The summed E-state index contributed by atoms with van der Waals surface area (Å²) in [5, 5.41) is 4.09. The van der Waals surface area contributed by atoms with Crippen molar-refractivity contribution in [2.75, 3.05) is 20.2 Å². The van der Waals surface area contributed by atoms with Gasteiger partial charge in [0, 0.05) is 48.5 Å². The van der Waals surface area contributed by atoms with Crippen LogP contribution in [0.3, 0.4) is 0 Å². The van der Waals surface area contributed by atoms with Gasteiger partial charge in [0.25, 0.3) is 5.92 Å². The molecule has 4 amide bonds. The number of hydrogen-bond donors (Lipinski definition) is 3. The molecule has 362 valence electrons. The highest BCUT2D eigenvalue weighted by Gasteiger charge is 2.53. The Labute approximate surface area is 378 Å². The Balaban J connectivity index is 0. The zero-order chi connectivity index (χ0) is 47.8. The van der Waals surface area contributed by atoms with Crippen molar-refractivity contribution >= 4 is 44.6 Å². The van der Waals surface area contributed by atoms with Crippen molar-refractivity contribution in [2.24, 2.45) is 17.6 Å². The maximum Gasteiger partial charge on any atom is 0.407 e. The SMILES string of the molecule is C/C=C\CC[C@@H](C)C[C@@H](C)CC(=O)N1C[C@H](Oc2nc3c(c4ccccc24)CCCO3)C[C@H]1C(N)=O.CC.CCC(=O)NS(=O)(=O)C1(CC)CC1.CNC(=O)OC(C)(C)C(C)(F)F.[HH].[HH].[HH]. The second-order valence-corrected chi connectivity index (χ2v) is 19.0. The largest absolute Gasteiger partial charge is 0.477 e. The van der Waals surface area contributed by atoms with Gasteiger partial charge in [-0.3, -0.25) is 19.1 Å². The minimum absolute atomic E-state index is 0. The number of alkyl carbamates (subject to hydrolysis) is 1. The molecule has 5 rings (SSSR count). The third-order valence-electron chi connectivity index (χ3n) is 11.5. The summed E-state index contributed by atoms with van der Waals surface area (Å²) in [4.78, 5) is 53.3. The lowest BCUT2D eigenvalue weighted by Gasteiger charge is -2.30. The first-order valence-corrected chi connectivity index (χ1v) is 23.8. The van der Waals surface area contributed by atoms with Crippen LogP contribution in [0, 0.1) is 11.8 Å². The van der Waals surface area contributed by atoms with Gasteiger partial charge in [-0.05, 0) is 95.4 Å².